The van der Waals surface area contributed by atoms with Gasteiger partial charge in [-0.1, -0.05) is 60.7 Å². The van der Waals surface area contributed by atoms with Gasteiger partial charge in [0.1, 0.15) is 0 Å². The minimum absolute atomic E-state index is 0.201. The number of hydrogen-bond donors (Lipinski definition) is 1. The highest BCUT2D eigenvalue weighted by atomic mass is 16.1. The van der Waals surface area contributed by atoms with Crippen molar-refractivity contribution in [2.45, 2.75) is 25.7 Å². The fraction of sp³-hybridized carbons (Fsp3) is 0.286. The largest absolute Gasteiger partial charge is 0.355 e. The second kappa shape index (κ2) is 10.4. The summed E-state index contributed by atoms with van der Waals surface area (Å²) < 4.78 is 0. The molecule has 2 aromatic heterocycles. The summed E-state index contributed by atoms with van der Waals surface area (Å²) in [5.41, 5.74) is 2.73. The Morgan fingerprint density at radius 1 is 0.882 bits per heavy atom. The van der Waals surface area contributed by atoms with Crippen LogP contribution in [0.25, 0.3) is 10.8 Å². The van der Waals surface area contributed by atoms with E-state index in [1.807, 2.05) is 42.5 Å². The lowest BCUT2D eigenvalue weighted by Crippen LogP contribution is -2.35. The first-order valence-electron chi connectivity index (χ1n) is 12.0. The van der Waals surface area contributed by atoms with Crippen LogP contribution in [0, 0.1) is 5.92 Å². The molecule has 34 heavy (non-hydrogen) atoms. The predicted octanol–water partition coefficient (Wildman–Crippen LogP) is 4.46. The van der Waals surface area contributed by atoms with Gasteiger partial charge in [0, 0.05) is 48.7 Å². The maximum atomic E-state index is 12.9. The van der Waals surface area contributed by atoms with E-state index in [2.05, 4.69) is 55.7 Å². The van der Waals surface area contributed by atoms with Gasteiger partial charge >= 0.3 is 0 Å². The maximum absolute atomic E-state index is 12.9. The first-order valence-corrected chi connectivity index (χ1v) is 12.0. The molecule has 1 aliphatic rings. The fourth-order valence-corrected chi connectivity index (χ4v) is 4.72. The van der Waals surface area contributed by atoms with E-state index in [0.29, 0.717) is 24.6 Å². The van der Waals surface area contributed by atoms with Gasteiger partial charge in [0.15, 0.2) is 11.5 Å². The zero-order chi connectivity index (χ0) is 23.2. The zero-order valence-corrected chi connectivity index (χ0v) is 19.2. The monoisotopic (exact) mass is 451 g/mol. The Hall–Kier alpha value is -3.80. The normalized spacial score (nSPS) is 14.3. The number of aromatic nitrogens is 3. The molecule has 1 aliphatic heterocycles. The van der Waals surface area contributed by atoms with Crippen LogP contribution in [0.4, 0.5) is 5.82 Å². The van der Waals surface area contributed by atoms with Crippen LogP contribution in [0.2, 0.25) is 0 Å². The van der Waals surface area contributed by atoms with E-state index in [9.17, 15) is 4.79 Å². The predicted molar refractivity (Wildman–Crippen MR) is 135 cm³/mol. The third kappa shape index (κ3) is 5.06. The van der Waals surface area contributed by atoms with Crippen LogP contribution in [0.15, 0.2) is 79.0 Å². The van der Waals surface area contributed by atoms with Crippen LogP contribution in [0.1, 0.15) is 34.6 Å². The molecule has 0 bridgehead atoms. The number of amides is 1. The van der Waals surface area contributed by atoms with Gasteiger partial charge in [0.25, 0.3) is 5.91 Å². The molecule has 0 aliphatic carbocycles. The van der Waals surface area contributed by atoms with Gasteiger partial charge in [-0.2, -0.15) is 0 Å². The summed E-state index contributed by atoms with van der Waals surface area (Å²) in [7, 11) is 0. The third-order valence-corrected chi connectivity index (χ3v) is 6.56. The standard InChI is InChI=1S/C28H29N5O/c34-28(30-17-13-23-10-6-7-16-29-23)26-24-11-4-5-12-25(24)27(32-31-26)33-18-14-22(15-19-33)20-21-8-2-1-3-9-21/h1-12,16,22H,13-15,17-20H2,(H,30,34). The maximum Gasteiger partial charge on any atom is 0.272 e. The van der Waals surface area contributed by atoms with Gasteiger partial charge < -0.3 is 10.2 Å². The lowest BCUT2D eigenvalue weighted by Gasteiger charge is -2.33. The average Bonchev–Trinajstić information content (AvgIpc) is 2.90. The Balaban J connectivity index is 1.26. The Labute approximate surface area is 200 Å². The van der Waals surface area contributed by atoms with E-state index in [1.54, 1.807) is 6.20 Å². The molecule has 0 spiro atoms. The Kier molecular flexibility index (Phi) is 6.75. The number of fused-ring (bicyclic) bond motifs is 1. The number of nitrogens with one attached hydrogen (secondary N) is 1. The highest BCUT2D eigenvalue weighted by Gasteiger charge is 2.24. The quantitative estimate of drug-likeness (QED) is 0.449. The number of anilines is 1. The molecule has 0 unspecified atom stereocenters. The summed E-state index contributed by atoms with van der Waals surface area (Å²) in [6.45, 7) is 2.40. The van der Waals surface area contributed by atoms with E-state index >= 15 is 0 Å². The smallest absolute Gasteiger partial charge is 0.272 e. The highest BCUT2D eigenvalue weighted by Crippen LogP contribution is 2.30. The Morgan fingerprint density at radius 2 is 1.62 bits per heavy atom. The van der Waals surface area contributed by atoms with E-state index in [4.69, 9.17) is 0 Å². The zero-order valence-electron chi connectivity index (χ0n) is 19.2. The fourth-order valence-electron chi connectivity index (χ4n) is 4.72. The Morgan fingerprint density at radius 3 is 2.38 bits per heavy atom. The molecule has 1 N–H and O–H groups in total. The molecule has 1 saturated heterocycles. The van der Waals surface area contributed by atoms with E-state index in [0.717, 1.165) is 54.6 Å². The van der Waals surface area contributed by atoms with Crippen LogP contribution in [0.3, 0.4) is 0 Å². The van der Waals surface area contributed by atoms with Crippen molar-refractivity contribution in [2.24, 2.45) is 5.92 Å². The summed E-state index contributed by atoms with van der Waals surface area (Å²) in [5.74, 6) is 1.36. The second-order valence-corrected chi connectivity index (χ2v) is 8.86. The average molecular weight is 452 g/mol. The van der Waals surface area contributed by atoms with Crippen molar-refractivity contribution >= 4 is 22.5 Å². The molecule has 1 amide bonds. The van der Waals surface area contributed by atoms with Gasteiger partial charge in [0.05, 0.1) is 0 Å². The summed E-state index contributed by atoms with van der Waals surface area (Å²) in [6.07, 6.45) is 5.81. The first-order chi connectivity index (χ1) is 16.8. The van der Waals surface area contributed by atoms with Crippen molar-refractivity contribution in [1.29, 1.82) is 0 Å². The van der Waals surface area contributed by atoms with Crippen molar-refractivity contribution < 1.29 is 4.79 Å². The molecule has 6 heteroatoms. The third-order valence-electron chi connectivity index (χ3n) is 6.56. The van der Waals surface area contributed by atoms with Gasteiger partial charge in [0.2, 0.25) is 0 Å². The highest BCUT2D eigenvalue weighted by molar-refractivity contribution is 6.07. The number of hydrogen-bond acceptors (Lipinski definition) is 5. The second-order valence-electron chi connectivity index (χ2n) is 8.86. The van der Waals surface area contributed by atoms with Gasteiger partial charge in [-0.25, -0.2) is 0 Å². The molecule has 1 fully saturated rings. The molecular weight excluding hydrogens is 422 g/mol. The Bertz CT molecular complexity index is 1240. The molecule has 0 radical (unpaired) electrons. The summed E-state index contributed by atoms with van der Waals surface area (Å²) >= 11 is 0. The molecule has 5 rings (SSSR count). The van der Waals surface area contributed by atoms with Crippen molar-refractivity contribution in [3.05, 3.63) is 95.9 Å². The van der Waals surface area contributed by atoms with Crippen molar-refractivity contribution in [3.63, 3.8) is 0 Å². The van der Waals surface area contributed by atoms with E-state index in [1.165, 1.54) is 5.56 Å². The SMILES string of the molecule is O=C(NCCc1ccccn1)c1nnc(N2CCC(Cc3ccccc3)CC2)c2ccccc12. The molecule has 0 saturated carbocycles. The minimum atomic E-state index is -0.201. The van der Waals surface area contributed by atoms with E-state index < -0.39 is 0 Å². The number of piperidine rings is 1. The van der Waals surface area contributed by atoms with Crippen LogP contribution in [-0.2, 0) is 12.8 Å². The van der Waals surface area contributed by atoms with Crippen LogP contribution in [0.5, 0.6) is 0 Å². The van der Waals surface area contributed by atoms with Crippen molar-refractivity contribution in [2.75, 3.05) is 24.5 Å². The van der Waals surface area contributed by atoms with Crippen molar-refractivity contribution in [1.82, 2.24) is 20.5 Å². The molecule has 0 atom stereocenters. The van der Waals surface area contributed by atoms with Crippen LogP contribution >= 0.6 is 0 Å². The minimum Gasteiger partial charge on any atom is -0.355 e. The number of benzene rings is 2. The van der Waals surface area contributed by atoms with Crippen LogP contribution in [-0.4, -0.2) is 40.7 Å². The topological polar surface area (TPSA) is 71.0 Å². The van der Waals surface area contributed by atoms with Gasteiger partial charge in [-0.05, 0) is 42.9 Å². The van der Waals surface area contributed by atoms with E-state index in [-0.39, 0.29) is 5.91 Å². The number of rotatable bonds is 7. The molecule has 3 heterocycles. The number of nitrogens with zero attached hydrogens (tertiary/aromatic N) is 4. The number of carbonyl (C=O) groups is 1. The van der Waals surface area contributed by atoms with Crippen molar-refractivity contribution in [3.8, 4) is 0 Å². The summed E-state index contributed by atoms with van der Waals surface area (Å²) in [5, 5.41) is 13.7. The lowest BCUT2D eigenvalue weighted by molar-refractivity contribution is 0.0950. The number of pyridine rings is 1. The summed E-state index contributed by atoms with van der Waals surface area (Å²) in [4.78, 5) is 19.5. The molecule has 172 valence electrons. The van der Waals surface area contributed by atoms with Crippen LogP contribution < -0.4 is 10.2 Å². The molecular formula is C28H29N5O. The molecule has 2 aromatic carbocycles. The van der Waals surface area contributed by atoms with Gasteiger partial charge in [-0.15, -0.1) is 10.2 Å². The molecule has 6 nitrogen and oxygen atoms in total. The number of carbonyl (C=O) groups excluding carboxylic acids is 1. The molecule has 4 aromatic rings. The first kappa shape index (κ1) is 22.0. The van der Waals surface area contributed by atoms with Gasteiger partial charge in [-0.3, -0.25) is 9.78 Å². The lowest BCUT2D eigenvalue weighted by atomic mass is 9.90. The summed E-state index contributed by atoms with van der Waals surface area (Å²) in [6, 6.07) is 24.5.